The number of anilines is 1. The van der Waals surface area contributed by atoms with Crippen LogP contribution in [0.5, 0.6) is 23.0 Å². The summed E-state index contributed by atoms with van der Waals surface area (Å²) in [5.41, 5.74) is 7.30. The third-order valence-corrected chi connectivity index (χ3v) is 15.3. The number of morpholine rings is 1. The Morgan fingerprint density at radius 3 is 1.83 bits per heavy atom. The minimum absolute atomic E-state index is 0.197. The minimum atomic E-state index is -3.66. The van der Waals surface area contributed by atoms with Crippen LogP contribution in [0.1, 0.15) is 110 Å². The molecule has 5 aromatic carbocycles. The van der Waals surface area contributed by atoms with E-state index in [1.807, 2.05) is 86.6 Å². The number of rotatable bonds is 13. The van der Waals surface area contributed by atoms with E-state index in [-0.39, 0.29) is 18.6 Å². The molecule has 1 saturated heterocycles. The van der Waals surface area contributed by atoms with Gasteiger partial charge in [0.2, 0.25) is 0 Å². The summed E-state index contributed by atoms with van der Waals surface area (Å²) < 4.78 is 57.7. The van der Waals surface area contributed by atoms with Crippen molar-refractivity contribution >= 4 is 31.6 Å². The van der Waals surface area contributed by atoms with E-state index in [0.717, 1.165) is 63.5 Å². The molecular weight excluding hydrogens is 847 g/mol. The highest BCUT2D eigenvalue weighted by Crippen LogP contribution is 2.59. The molecular formula is C55H69NO9Si. The number of nitrogens with zero attached hydrogens (tertiary/aromatic N) is 1. The first kappa shape index (κ1) is 47.6. The molecule has 1 aliphatic carbocycles. The molecule has 3 aliphatic rings. The standard InChI is InChI=1S/C55H69NO9Si/c1-36-15-24-41-45(33-36)54(11,12)49-42-25-26-55(37-16-20-39(57-13)21-17-37,62-50(42)44-35-47(58-14)46(34-43(44)48(41)49)56-27-29-59-30-28-56)38-18-22-40(23-19-38)60-31-32-61-66(63-51(2,3)4,64-52(5,6)7)65-53(8,9)10/h15-26,33-35H,27-32H2,1-14H3. The van der Waals surface area contributed by atoms with Crippen molar-refractivity contribution < 1.29 is 41.4 Å². The van der Waals surface area contributed by atoms with Crippen LogP contribution < -0.4 is 23.8 Å². The van der Waals surface area contributed by atoms with Gasteiger partial charge in [-0.25, -0.2) is 0 Å². The van der Waals surface area contributed by atoms with Gasteiger partial charge in [-0.3, -0.25) is 0 Å². The number of methoxy groups -OCH3 is 2. The first-order chi connectivity index (χ1) is 31.1. The van der Waals surface area contributed by atoms with Gasteiger partial charge in [0, 0.05) is 40.6 Å². The number of hydrogen-bond donors (Lipinski definition) is 0. The van der Waals surface area contributed by atoms with Crippen molar-refractivity contribution in [2.45, 2.75) is 111 Å². The van der Waals surface area contributed by atoms with Gasteiger partial charge in [-0.15, -0.1) is 0 Å². The topological polar surface area (TPSA) is 86.3 Å². The van der Waals surface area contributed by atoms with E-state index in [1.165, 1.54) is 27.8 Å². The molecule has 2 heterocycles. The number of aryl methyl sites for hydroxylation is 1. The third kappa shape index (κ3) is 9.48. The number of benzene rings is 5. The highest BCUT2D eigenvalue weighted by molar-refractivity contribution is 6.54. The molecule has 11 heteroatoms. The summed E-state index contributed by atoms with van der Waals surface area (Å²) in [6, 6.07) is 27.7. The quantitative estimate of drug-likeness (QED) is 0.0841. The molecule has 352 valence electrons. The summed E-state index contributed by atoms with van der Waals surface area (Å²) in [6.45, 7) is 28.0. The molecule has 10 nitrogen and oxygen atoms in total. The Morgan fingerprint density at radius 1 is 0.682 bits per heavy atom. The van der Waals surface area contributed by atoms with Gasteiger partial charge >= 0.3 is 9.05 Å². The van der Waals surface area contributed by atoms with Gasteiger partial charge in [0.1, 0.15) is 29.6 Å². The van der Waals surface area contributed by atoms with Crippen LogP contribution >= 0.6 is 0 Å². The van der Waals surface area contributed by atoms with Gasteiger partial charge in [0.05, 0.1) is 56.5 Å². The zero-order valence-corrected chi connectivity index (χ0v) is 42.5. The van der Waals surface area contributed by atoms with Crippen molar-refractivity contribution in [1.29, 1.82) is 0 Å². The van der Waals surface area contributed by atoms with Crippen molar-refractivity contribution in [3.8, 4) is 34.1 Å². The molecule has 66 heavy (non-hydrogen) atoms. The molecule has 0 saturated carbocycles. The normalized spacial score (nSPS) is 18.1. The van der Waals surface area contributed by atoms with Crippen LogP contribution in [-0.2, 0) is 33.5 Å². The zero-order valence-electron chi connectivity index (χ0n) is 41.5. The maximum atomic E-state index is 7.68. The summed E-state index contributed by atoms with van der Waals surface area (Å²) in [7, 11) is -0.223. The van der Waals surface area contributed by atoms with E-state index in [0.29, 0.717) is 19.0 Å². The van der Waals surface area contributed by atoms with Crippen LogP contribution in [-0.4, -0.2) is 79.6 Å². The van der Waals surface area contributed by atoms with E-state index in [9.17, 15) is 0 Å². The second-order valence-corrected chi connectivity index (χ2v) is 23.0. The predicted molar refractivity (Wildman–Crippen MR) is 265 cm³/mol. The molecule has 5 aromatic rings. The molecule has 0 bridgehead atoms. The first-order valence-electron chi connectivity index (χ1n) is 23.2. The van der Waals surface area contributed by atoms with Crippen LogP contribution in [0.15, 0.2) is 84.9 Å². The van der Waals surface area contributed by atoms with Gasteiger partial charge in [0.15, 0.2) is 5.60 Å². The van der Waals surface area contributed by atoms with Gasteiger partial charge < -0.3 is 46.3 Å². The van der Waals surface area contributed by atoms with E-state index >= 15 is 0 Å². The second kappa shape index (κ2) is 17.6. The summed E-state index contributed by atoms with van der Waals surface area (Å²) in [4.78, 5) is 2.37. The Kier molecular flexibility index (Phi) is 12.7. The summed E-state index contributed by atoms with van der Waals surface area (Å²) >= 11 is 0. The molecule has 1 fully saturated rings. The van der Waals surface area contributed by atoms with Gasteiger partial charge in [-0.1, -0.05) is 68.0 Å². The van der Waals surface area contributed by atoms with Crippen LogP contribution in [0.2, 0.25) is 0 Å². The lowest BCUT2D eigenvalue weighted by molar-refractivity contribution is -0.135. The average molecular weight is 916 g/mol. The number of hydrogen-bond acceptors (Lipinski definition) is 10. The predicted octanol–water partition coefficient (Wildman–Crippen LogP) is 11.9. The molecule has 2 aliphatic heterocycles. The molecule has 0 spiro atoms. The molecule has 0 amide bonds. The number of ether oxygens (including phenoxy) is 5. The summed E-state index contributed by atoms with van der Waals surface area (Å²) in [6.07, 6.45) is 4.49. The average Bonchev–Trinajstić information content (AvgIpc) is 3.48. The van der Waals surface area contributed by atoms with E-state index in [2.05, 4.69) is 92.4 Å². The molecule has 0 aromatic heterocycles. The lowest BCUT2D eigenvalue weighted by atomic mass is 9.76. The Labute approximate surface area is 393 Å². The fourth-order valence-electron chi connectivity index (χ4n) is 9.54. The van der Waals surface area contributed by atoms with Crippen LogP contribution in [0.4, 0.5) is 5.69 Å². The summed E-state index contributed by atoms with van der Waals surface area (Å²) in [5.74, 6) is 3.05. The van der Waals surface area contributed by atoms with Crippen LogP contribution in [0, 0.1) is 6.92 Å². The Balaban J connectivity index is 1.19. The molecule has 0 N–H and O–H groups in total. The third-order valence-electron chi connectivity index (χ3n) is 12.2. The van der Waals surface area contributed by atoms with Crippen LogP contribution in [0.3, 0.4) is 0 Å². The van der Waals surface area contributed by atoms with Gasteiger partial charge in [-0.05, 0) is 139 Å². The molecule has 8 rings (SSSR count). The minimum Gasteiger partial charge on any atom is -0.497 e. The highest BCUT2D eigenvalue weighted by Gasteiger charge is 2.54. The Morgan fingerprint density at radius 2 is 1.27 bits per heavy atom. The highest BCUT2D eigenvalue weighted by atomic mass is 28.4. The van der Waals surface area contributed by atoms with Crippen molar-refractivity contribution in [2.75, 3.05) is 58.6 Å². The Bertz CT molecular complexity index is 2550. The molecule has 0 radical (unpaired) electrons. The van der Waals surface area contributed by atoms with Crippen LogP contribution in [0.25, 0.3) is 28.0 Å². The van der Waals surface area contributed by atoms with Gasteiger partial charge in [0.25, 0.3) is 0 Å². The monoisotopic (exact) mass is 915 g/mol. The van der Waals surface area contributed by atoms with E-state index in [1.54, 1.807) is 14.2 Å². The van der Waals surface area contributed by atoms with Crippen molar-refractivity contribution in [2.24, 2.45) is 0 Å². The zero-order chi connectivity index (χ0) is 47.5. The SMILES string of the molecule is COc1ccc(C2(c3ccc(OCCO[Si](OC(C)(C)C)(OC(C)(C)C)OC(C)(C)C)cc3)C=Cc3c4c(c5cc(N6CCOCC6)c(OC)cc5c3O2)-c2ccc(C)cc2C4(C)C)cc1. The maximum absolute atomic E-state index is 7.68. The first-order valence-corrected chi connectivity index (χ1v) is 24.9. The molecule has 1 atom stereocenters. The van der Waals surface area contributed by atoms with Gasteiger partial charge in [-0.2, -0.15) is 0 Å². The maximum Gasteiger partial charge on any atom is 0.681 e. The Hall–Kier alpha value is -4.88. The largest absolute Gasteiger partial charge is 0.681 e. The van der Waals surface area contributed by atoms with Crippen molar-refractivity contribution in [3.63, 3.8) is 0 Å². The molecule has 1 unspecified atom stereocenters. The lowest BCUT2D eigenvalue weighted by Crippen LogP contribution is -2.59. The fourth-order valence-corrected chi connectivity index (χ4v) is 12.4. The second-order valence-electron chi connectivity index (χ2n) is 21.1. The van der Waals surface area contributed by atoms with Crippen molar-refractivity contribution in [3.05, 3.63) is 118 Å². The summed E-state index contributed by atoms with van der Waals surface area (Å²) in [5, 5.41) is 2.12. The fraction of sp³-hybridized carbons (Fsp3) is 0.455. The van der Waals surface area contributed by atoms with Crippen molar-refractivity contribution in [1.82, 2.24) is 0 Å². The van der Waals surface area contributed by atoms with E-state index in [4.69, 9.17) is 41.4 Å². The van der Waals surface area contributed by atoms with E-state index < -0.39 is 31.5 Å². The smallest absolute Gasteiger partial charge is 0.497 e. The lowest BCUT2D eigenvalue weighted by Gasteiger charge is -2.41. The number of fused-ring (bicyclic) bond motifs is 8.